The van der Waals surface area contributed by atoms with Gasteiger partial charge in [0, 0.05) is 19.6 Å². The standard InChI is InChI=1S/C18H22N2O3S2/c1-14-6-8-15(9-7-14)12-19-18(21)16-4-2-10-20(13-16)25(22,23)17-5-3-11-24-17/h3,5-9,11,16H,2,4,10,12-13H2,1H3,(H,19,21). The molecule has 0 saturated carbocycles. The Morgan fingerprint density at radius 1 is 1.28 bits per heavy atom. The SMILES string of the molecule is Cc1ccc(CNC(=O)C2CCCN(S(=O)(=O)c3cccs3)C2)cc1. The third kappa shape index (κ3) is 4.29. The third-order valence-corrected chi connectivity index (χ3v) is 7.67. The van der Waals surface area contributed by atoms with Crippen LogP contribution in [-0.2, 0) is 21.4 Å². The summed E-state index contributed by atoms with van der Waals surface area (Å²) in [4.78, 5) is 12.5. The number of nitrogens with zero attached hydrogens (tertiary/aromatic N) is 1. The highest BCUT2D eigenvalue weighted by molar-refractivity contribution is 7.91. The van der Waals surface area contributed by atoms with Gasteiger partial charge in [-0.2, -0.15) is 4.31 Å². The zero-order valence-corrected chi connectivity index (χ0v) is 15.8. The van der Waals surface area contributed by atoms with Crippen LogP contribution in [-0.4, -0.2) is 31.7 Å². The number of amides is 1. The van der Waals surface area contributed by atoms with Crippen LogP contribution >= 0.6 is 11.3 Å². The highest BCUT2D eigenvalue weighted by atomic mass is 32.2. The van der Waals surface area contributed by atoms with Gasteiger partial charge < -0.3 is 5.32 Å². The molecule has 0 spiro atoms. The molecule has 1 atom stereocenters. The van der Waals surface area contributed by atoms with Crippen molar-refractivity contribution >= 4 is 27.3 Å². The molecule has 0 radical (unpaired) electrons. The maximum absolute atomic E-state index is 12.6. The maximum Gasteiger partial charge on any atom is 0.252 e. The van der Waals surface area contributed by atoms with Crippen molar-refractivity contribution in [3.05, 3.63) is 52.9 Å². The largest absolute Gasteiger partial charge is 0.352 e. The molecule has 1 unspecified atom stereocenters. The fourth-order valence-corrected chi connectivity index (χ4v) is 5.62. The summed E-state index contributed by atoms with van der Waals surface area (Å²) in [6, 6.07) is 11.3. The predicted molar refractivity (Wildman–Crippen MR) is 98.8 cm³/mol. The lowest BCUT2D eigenvalue weighted by atomic mass is 9.98. The van der Waals surface area contributed by atoms with Crippen LogP contribution in [0.3, 0.4) is 0 Å². The number of carbonyl (C=O) groups is 1. The van der Waals surface area contributed by atoms with Crippen molar-refractivity contribution < 1.29 is 13.2 Å². The Hall–Kier alpha value is -1.70. The van der Waals surface area contributed by atoms with E-state index in [9.17, 15) is 13.2 Å². The molecular weight excluding hydrogens is 356 g/mol. The van der Waals surface area contributed by atoms with Crippen LogP contribution in [0.15, 0.2) is 46.0 Å². The summed E-state index contributed by atoms with van der Waals surface area (Å²) in [5, 5.41) is 4.69. The van der Waals surface area contributed by atoms with E-state index in [-0.39, 0.29) is 18.4 Å². The van der Waals surface area contributed by atoms with Gasteiger partial charge in [0.15, 0.2) is 0 Å². The summed E-state index contributed by atoms with van der Waals surface area (Å²) in [6.07, 6.45) is 1.42. The van der Waals surface area contributed by atoms with Crippen LogP contribution in [0.1, 0.15) is 24.0 Å². The Morgan fingerprint density at radius 3 is 2.72 bits per heavy atom. The van der Waals surface area contributed by atoms with Crippen LogP contribution in [0.25, 0.3) is 0 Å². The molecule has 134 valence electrons. The van der Waals surface area contributed by atoms with E-state index in [1.807, 2.05) is 31.2 Å². The Labute approximate surface area is 152 Å². The van der Waals surface area contributed by atoms with Gasteiger partial charge in [-0.05, 0) is 36.8 Å². The molecule has 0 aliphatic carbocycles. The molecule has 3 rings (SSSR count). The molecule has 1 amide bonds. The molecule has 7 heteroatoms. The number of benzene rings is 1. The van der Waals surface area contributed by atoms with Gasteiger partial charge >= 0.3 is 0 Å². The van der Waals surface area contributed by atoms with Crippen molar-refractivity contribution in [1.82, 2.24) is 9.62 Å². The van der Waals surface area contributed by atoms with Crippen molar-refractivity contribution in [2.24, 2.45) is 5.92 Å². The molecular formula is C18H22N2O3S2. The van der Waals surface area contributed by atoms with Gasteiger partial charge in [-0.3, -0.25) is 4.79 Å². The maximum atomic E-state index is 12.6. The van der Waals surface area contributed by atoms with E-state index < -0.39 is 10.0 Å². The molecule has 25 heavy (non-hydrogen) atoms. The summed E-state index contributed by atoms with van der Waals surface area (Å²) in [6.45, 7) is 3.21. The number of sulfonamides is 1. The lowest BCUT2D eigenvalue weighted by Crippen LogP contribution is -2.45. The molecule has 2 aromatic rings. The number of carbonyl (C=O) groups excluding carboxylic acids is 1. The molecule has 1 aliphatic heterocycles. The summed E-state index contributed by atoms with van der Waals surface area (Å²) in [7, 11) is -3.49. The van der Waals surface area contributed by atoms with Crippen LogP contribution in [0, 0.1) is 12.8 Å². The van der Waals surface area contributed by atoms with Crippen LogP contribution in [0.4, 0.5) is 0 Å². The molecule has 1 N–H and O–H groups in total. The first-order chi connectivity index (χ1) is 12.0. The Balaban J connectivity index is 1.61. The number of thiophene rings is 1. The number of piperidine rings is 1. The second-order valence-corrected chi connectivity index (χ2v) is 9.45. The molecule has 1 aromatic carbocycles. The lowest BCUT2D eigenvalue weighted by Gasteiger charge is -2.30. The number of nitrogens with one attached hydrogen (secondary N) is 1. The molecule has 1 fully saturated rings. The molecule has 0 bridgehead atoms. The van der Waals surface area contributed by atoms with Crippen LogP contribution in [0.5, 0.6) is 0 Å². The van der Waals surface area contributed by atoms with Crippen molar-refractivity contribution in [3.8, 4) is 0 Å². The van der Waals surface area contributed by atoms with Gasteiger partial charge in [0.2, 0.25) is 5.91 Å². The fourth-order valence-electron chi connectivity index (χ4n) is 2.95. The van der Waals surface area contributed by atoms with E-state index in [4.69, 9.17) is 0 Å². The van der Waals surface area contributed by atoms with Gasteiger partial charge in [0.1, 0.15) is 4.21 Å². The Morgan fingerprint density at radius 2 is 2.04 bits per heavy atom. The number of hydrogen-bond donors (Lipinski definition) is 1. The van der Waals surface area contributed by atoms with Gasteiger partial charge in [-0.25, -0.2) is 8.42 Å². The minimum absolute atomic E-state index is 0.0772. The van der Waals surface area contributed by atoms with Gasteiger partial charge in [0.05, 0.1) is 5.92 Å². The number of rotatable bonds is 5. The van der Waals surface area contributed by atoms with Crippen molar-refractivity contribution in [2.75, 3.05) is 13.1 Å². The average molecular weight is 379 g/mol. The Kier molecular flexibility index (Phi) is 5.56. The molecule has 1 aromatic heterocycles. The number of aryl methyl sites for hydroxylation is 1. The van der Waals surface area contributed by atoms with Gasteiger partial charge in [-0.1, -0.05) is 35.9 Å². The van der Waals surface area contributed by atoms with E-state index in [0.717, 1.165) is 12.0 Å². The topological polar surface area (TPSA) is 66.5 Å². The first kappa shape index (κ1) is 18.1. The van der Waals surface area contributed by atoms with Crippen molar-refractivity contribution in [3.63, 3.8) is 0 Å². The zero-order chi connectivity index (χ0) is 17.9. The highest BCUT2D eigenvalue weighted by Gasteiger charge is 2.33. The molecule has 2 heterocycles. The first-order valence-electron chi connectivity index (χ1n) is 8.34. The van der Waals surface area contributed by atoms with Crippen LogP contribution < -0.4 is 5.32 Å². The van der Waals surface area contributed by atoms with Crippen LogP contribution in [0.2, 0.25) is 0 Å². The molecule has 1 aliphatic rings. The minimum atomic E-state index is -3.49. The van der Waals surface area contributed by atoms with E-state index >= 15 is 0 Å². The van der Waals surface area contributed by atoms with Crippen molar-refractivity contribution in [2.45, 2.75) is 30.5 Å². The first-order valence-corrected chi connectivity index (χ1v) is 10.7. The smallest absolute Gasteiger partial charge is 0.252 e. The number of hydrogen-bond acceptors (Lipinski definition) is 4. The summed E-state index contributed by atoms with van der Waals surface area (Å²) in [5.41, 5.74) is 2.22. The van der Waals surface area contributed by atoms with Gasteiger partial charge in [-0.15, -0.1) is 11.3 Å². The molecule has 5 nitrogen and oxygen atoms in total. The van der Waals surface area contributed by atoms with Gasteiger partial charge in [0.25, 0.3) is 10.0 Å². The second kappa shape index (κ2) is 7.68. The average Bonchev–Trinajstić information content (AvgIpc) is 3.16. The van der Waals surface area contributed by atoms with E-state index in [0.29, 0.717) is 23.7 Å². The normalized spacial score (nSPS) is 18.8. The van der Waals surface area contributed by atoms with E-state index in [1.165, 1.54) is 21.2 Å². The van der Waals surface area contributed by atoms with Crippen molar-refractivity contribution in [1.29, 1.82) is 0 Å². The fraction of sp³-hybridized carbons (Fsp3) is 0.389. The van der Waals surface area contributed by atoms with E-state index in [1.54, 1.807) is 17.5 Å². The monoisotopic (exact) mass is 378 g/mol. The zero-order valence-electron chi connectivity index (χ0n) is 14.1. The highest BCUT2D eigenvalue weighted by Crippen LogP contribution is 2.26. The quantitative estimate of drug-likeness (QED) is 0.870. The summed E-state index contributed by atoms with van der Waals surface area (Å²) >= 11 is 1.21. The summed E-state index contributed by atoms with van der Waals surface area (Å²) in [5.74, 6) is -0.374. The minimum Gasteiger partial charge on any atom is -0.352 e. The Bertz CT molecular complexity index is 815. The summed E-state index contributed by atoms with van der Waals surface area (Å²) < 4.78 is 27.0. The lowest BCUT2D eigenvalue weighted by molar-refractivity contribution is -0.126. The second-order valence-electron chi connectivity index (χ2n) is 6.34. The predicted octanol–water partition coefficient (Wildman–Crippen LogP) is 2.77. The van der Waals surface area contributed by atoms with E-state index in [2.05, 4.69) is 5.32 Å². The third-order valence-electron chi connectivity index (χ3n) is 4.43. The molecule has 1 saturated heterocycles.